The van der Waals surface area contributed by atoms with E-state index in [0.29, 0.717) is 17.7 Å². The summed E-state index contributed by atoms with van der Waals surface area (Å²) < 4.78 is 0. The van der Waals surface area contributed by atoms with Crippen LogP contribution in [-0.4, -0.2) is 28.0 Å². The minimum Gasteiger partial charge on any atom is -0.384 e. The number of anilines is 2. The van der Waals surface area contributed by atoms with Crippen LogP contribution in [0.3, 0.4) is 0 Å². The molecule has 0 fully saturated rings. The molecule has 0 radical (unpaired) electrons. The van der Waals surface area contributed by atoms with Crippen LogP contribution in [0.2, 0.25) is 0 Å². The van der Waals surface area contributed by atoms with Gasteiger partial charge >= 0.3 is 0 Å². The van der Waals surface area contributed by atoms with Crippen LogP contribution in [0.4, 0.5) is 11.6 Å². The highest BCUT2D eigenvalue weighted by molar-refractivity contribution is 7.98. The van der Waals surface area contributed by atoms with Crippen LogP contribution in [0.1, 0.15) is 13.3 Å². The lowest BCUT2D eigenvalue weighted by Gasteiger charge is -2.17. The molecule has 0 aliphatic heterocycles. The third kappa shape index (κ3) is 3.87. The number of hydrogen-bond donors (Lipinski definition) is 2. The van der Waals surface area contributed by atoms with Crippen molar-refractivity contribution in [1.29, 1.82) is 0 Å². The van der Waals surface area contributed by atoms with E-state index in [4.69, 9.17) is 5.73 Å². The van der Waals surface area contributed by atoms with Gasteiger partial charge in [-0.2, -0.15) is 11.8 Å². The summed E-state index contributed by atoms with van der Waals surface area (Å²) >= 11 is 1.82. The van der Waals surface area contributed by atoms with Gasteiger partial charge in [-0.05, 0) is 12.7 Å². The Hall–Kier alpha value is -1.75. The largest absolute Gasteiger partial charge is 0.384 e. The number of nitrogens with two attached hydrogens (primary N) is 1. The van der Waals surface area contributed by atoms with E-state index in [-0.39, 0.29) is 0 Å². The molecule has 0 bridgehead atoms. The summed E-state index contributed by atoms with van der Waals surface area (Å²) in [6.07, 6.45) is 3.15. The molecule has 1 atom stereocenters. The summed E-state index contributed by atoms with van der Waals surface area (Å²) in [7, 11) is 0. The second kappa shape index (κ2) is 7.14. The number of nitrogens with zero attached hydrogens (tertiary/aromatic N) is 2. The molecule has 1 unspecified atom stereocenters. The van der Waals surface area contributed by atoms with Crippen molar-refractivity contribution in [2.75, 3.05) is 23.1 Å². The predicted octanol–water partition coefficient (Wildman–Crippen LogP) is 3.28. The Morgan fingerprint density at radius 2 is 2.00 bits per heavy atom. The summed E-state index contributed by atoms with van der Waals surface area (Å²) in [5, 5.41) is 3.43. The van der Waals surface area contributed by atoms with E-state index in [2.05, 4.69) is 28.5 Å². The van der Waals surface area contributed by atoms with E-state index in [0.717, 1.165) is 23.6 Å². The van der Waals surface area contributed by atoms with Gasteiger partial charge in [0.15, 0.2) is 5.82 Å². The third-order valence-electron chi connectivity index (χ3n) is 2.99. The van der Waals surface area contributed by atoms with E-state index < -0.39 is 0 Å². The molecule has 0 spiro atoms. The minimum atomic E-state index is 0.392. The van der Waals surface area contributed by atoms with Crippen molar-refractivity contribution >= 4 is 23.4 Å². The second-order valence-electron chi connectivity index (χ2n) is 4.57. The van der Waals surface area contributed by atoms with Gasteiger partial charge in [0.2, 0.25) is 0 Å². The van der Waals surface area contributed by atoms with Gasteiger partial charge in [-0.25, -0.2) is 9.97 Å². The van der Waals surface area contributed by atoms with Crippen molar-refractivity contribution in [3.05, 3.63) is 36.4 Å². The first-order valence-electron chi connectivity index (χ1n) is 6.68. The van der Waals surface area contributed by atoms with Crippen molar-refractivity contribution < 1.29 is 0 Å². The van der Waals surface area contributed by atoms with Crippen molar-refractivity contribution in [2.24, 2.45) is 0 Å². The fraction of sp³-hybridized carbons (Fsp3) is 0.333. The maximum absolute atomic E-state index is 5.89. The Morgan fingerprint density at radius 3 is 2.65 bits per heavy atom. The minimum absolute atomic E-state index is 0.392. The molecule has 2 aromatic rings. The Kier molecular flexibility index (Phi) is 5.24. The molecule has 0 saturated carbocycles. The van der Waals surface area contributed by atoms with Crippen LogP contribution in [0.15, 0.2) is 36.4 Å². The van der Waals surface area contributed by atoms with E-state index in [1.54, 1.807) is 6.07 Å². The number of aromatic nitrogens is 2. The van der Waals surface area contributed by atoms with E-state index in [1.165, 1.54) is 0 Å². The number of benzene rings is 1. The zero-order chi connectivity index (χ0) is 14.4. The lowest BCUT2D eigenvalue weighted by atomic mass is 10.2. The Balaban J connectivity index is 2.25. The lowest BCUT2D eigenvalue weighted by Crippen LogP contribution is -2.22. The zero-order valence-electron chi connectivity index (χ0n) is 11.8. The monoisotopic (exact) mass is 288 g/mol. The van der Waals surface area contributed by atoms with Gasteiger partial charge in [0.05, 0.1) is 0 Å². The SMILES string of the molecule is CCC(CSC)Nc1cc(N)nc(-c2ccccc2)n1. The van der Waals surface area contributed by atoms with Crippen LogP contribution >= 0.6 is 11.8 Å². The molecule has 0 aliphatic carbocycles. The highest BCUT2D eigenvalue weighted by atomic mass is 32.2. The summed E-state index contributed by atoms with van der Waals surface area (Å²) in [5.74, 6) is 2.98. The fourth-order valence-electron chi connectivity index (χ4n) is 1.93. The van der Waals surface area contributed by atoms with Gasteiger partial charge in [-0.15, -0.1) is 0 Å². The smallest absolute Gasteiger partial charge is 0.163 e. The maximum Gasteiger partial charge on any atom is 0.163 e. The normalized spacial score (nSPS) is 12.1. The molecule has 2 rings (SSSR count). The fourth-order valence-corrected chi connectivity index (χ4v) is 2.65. The molecule has 0 aliphatic rings. The van der Waals surface area contributed by atoms with Crippen molar-refractivity contribution in [2.45, 2.75) is 19.4 Å². The second-order valence-corrected chi connectivity index (χ2v) is 5.48. The molecule has 5 heteroatoms. The van der Waals surface area contributed by atoms with Gasteiger partial charge < -0.3 is 11.1 Å². The summed E-state index contributed by atoms with van der Waals surface area (Å²) in [6, 6.07) is 12.1. The van der Waals surface area contributed by atoms with Gasteiger partial charge in [-0.3, -0.25) is 0 Å². The Morgan fingerprint density at radius 1 is 1.25 bits per heavy atom. The van der Waals surface area contributed by atoms with Crippen molar-refractivity contribution in [3.63, 3.8) is 0 Å². The number of nitrogens with one attached hydrogen (secondary N) is 1. The first-order valence-corrected chi connectivity index (χ1v) is 8.07. The lowest BCUT2D eigenvalue weighted by molar-refractivity contribution is 0.769. The van der Waals surface area contributed by atoms with E-state index in [9.17, 15) is 0 Å². The predicted molar refractivity (Wildman–Crippen MR) is 88.0 cm³/mol. The zero-order valence-corrected chi connectivity index (χ0v) is 12.7. The molecule has 106 valence electrons. The van der Waals surface area contributed by atoms with Crippen LogP contribution < -0.4 is 11.1 Å². The summed E-state index contributed by atoms with van der Waals surface area (Å²) in [4.78, 5) is 8.87. The first kappa shape index (κ1) is 14.7. The highest BCUT2D eigenvalue weighted by Gasteiger charge is 2.09. The van der Waals surface area contributed by atoms with Crippen LogP contribution in [0, 0.1) is 0 Å². The van der Waals surface area contributed by atoms with Crippen LogP contribution in [-0.2, 0) is 0 Å². The summed E-state index contributed by atoms with van der Waals surface area (Å²) in [5.41, 5.74) is 6.86. The number of hydrogen-bond acceptors (Lipinski definition) is 5. The van der Waals surface area contributed by atoms with Gasteiger partial charge in [-0.1, -0.05) is 37.3 Å². The van der Waals surface area contributed by atoms with E-state index in [1.807, 2.05) is 42.1 Å². The number of rotatable bonds is 6. The number of thioether (sulfide) groups is 1. The van der Waals surface area contributed by atoms with Crippen LogP contribution in [0.25, 0.3) is 11.4 Å². The number of nitrogen functional groups attached to an aromatic ring is 1. The average Bonchev–Trinajstić information content (AvgIpc) is 2.47. The Bertz CT molecular complexity index is 545. The molecular formula is C15H20N4S. The van der Waals surface area contributed by atoms with Crippen molar-refractivity contribution in [1.82, 2.24) is 9.97 Å². The summed E-state index contributed by atoms with van der Waals surface area (Å²) in [6.45, 7) is 2.16. The molecule has 20 heavy (non-hydrogen) atoms. The van der Waals surface area contributed by atoms with Gasteiger partial charge in [0, 0.05) is 23.4 Å². The first-order chi connectivity index (χ1) is 9.72. The molecule has 1 aromatic carbocycles. The van der Waals surface area contributed by atoms with Crippen LogP contribution in [0.5, 0.6) is 0 Å². The molecule has 4 nitrogen and oxygen atoms in total. The quantitative estimate of drug-likeness (QED) is 0.854. The topological polar surface area (TPSA) is 63.8 Å². The molecule has 1 heterocycles. The third-order valence-corrected chi connectivity index (χ3v) is 3.73. The molecule has 1 aromatic heterocycles. The molecule has 0 saturated heterocycles. The Labute approximate surface area is 124 Å². The van der Waals surface area contributed by atoms with E-state index >= 15 is 0 Å². The van der Waals surface area contributed by atoms with Gasteiger partial charge in [0.1, 0.15) is 11.6 Å². The van der Waals surface area contributed by atoms with Gasteiger partial charge in [0.25, 0.3) is 0 Å². The average molecular weight is 288 g/mol. The maximum atomic E-state index is 5.89. The standard InChI is InChI=1S/C15H20N4S/c1-3-12(10-20-2)17-14-9-13(16)18-15(19-14)11-7-5-4-6-8-11/h4-9,12H,3,10H2,1-2H3,(H3,16,17,18,19). The molecule has 0 amide bonds. The highest BCUT2D eigenvalue weighted by Crippen LogP contribution is 2.19. The molecular weight excluding hydrogens is 268 g/mol. The van der Waals surface area contributed by atoms with Crippen molar-refractivity contribution in [3.8, 4) is 11.4 Å². The molecule has 3 N–H and O–H groups in total.